The largest absolute Gasteiger partial charge is 0.365 e. The molecule has 9 nitrogen and oxygen atoms in total. The van der Waals surface area contributed by atoms with Crippen molar-refractivity contribution in [3.63, 3.8) is 0 Å². The average molecular weight is 390 g/mol. The topological polar surface area (TPSA) is 114 Å². The first-order chi connectivity index (χ1) is 14.0. The highest BCUT2D eigenvalue weighted by Crippen LogP contribution is 2.29. The maximum absolute atomic E-state index is 12.4. The molecule has 0 unspecified atom stereocenters. The van der Waals surface area contributed by atoms with Gasteiger partial charge in [0.2, 0.25) is 0 Å². The second kappa shape index (κ2) is 7.83. The van der Waals surface area contributed by atoms with E-state index in [2.05, 4.69) is 31.8 Å². The Labute approximate surface area is 168 Å². The number of aryl methyl sites for hydroxylation is 2. The minimum absolute atomic E-state index is 0.0368. The summed E-state index contributed by atoms with van der Waals surface area (Å²) in [5.74, 6) is 1.16. The van der Waals surface area contributed by atoms with E-state index in [0.717, 1.165) is 37.1 Å². The van der Waals surface area contributed by atoms with Gasteiger partial charge in [0.05, 0.1) is 23.5 Å². The zero-order valence-electron chi connectivity index (χ0n) is 16.4. The molecule has 9 heteroatoms. The molecule has 1 aliphatic rings. The minimum Gasteiger partial charge on any atom is -0.365 e. The van der Waals surface area contributed by atoms with Crippen molar-refractivity contribution in [2.24, 2.45) is 0 Å². The van der Waals surface area contributed by atoms with E-state index in [1.165, 1.54) is 6.20 Å². The van der Waals surface area contributed by atoms with Crippen LogP contribution in [-0.4, -0.2) is 35.8 Å². The van der Waals surface area contributed by atoms with Gasteiger partial charge in [0, 0.05) is 17.8 Å². The average Bonchev–Trinajstić information content (AvgIpc) is 3.07. The molecule has 0 bridgehead atoms. The van der Waals surface area contributed by atoms with Crippen LogP contribution in [0.1, 0.15) is 48.7 Å². The predicted molar refractivity (Wildman–Crippen MR) is 107 cm³/mol. The number of aromatic nitrogens is 6. The van der Waals surface area contributed by atoms with Crippen molar-refractivity contribution in [1.82, 2.24) is 29.8 Å². The van der Waals surface area contributed by atoms with Crippen molar-refractivity contribution < 1.29 is 0 Å². The third-order valence-corrected chi connectivity index (χ3v) is 5.26. The molecule has 0 aromatic carbocycles. The summed E-state index contributed by atoms with van der Waals surface area (Å²) in [6.07, 6.45) is 4.84. The van der Waals surface area contributed by atoms with E-state index in [4.69, 9.17) is 0 Å². The van der Waals surface area contributed by atoms with Gasteiger partial charge in [0.1, 0.15) is 6.07 Å². The monoisotopic (exact) mass is 390 g/mol. The molecule has 0 amide bonds. The molecule has 1 N–H and O–H groups in total. The second-order valence-corrected chi connectivity index (χ2v) is 7.37. The number of hydrogen-bond donors (Lipinski definition) is 1. The van der Waals surface area contributed by atoms with Crippen LogP contribution in [0, 0.1) is 25.2 Å². The summed E-state index contributed by atoms with van der Waals surface area (Å²) in [4.78, 5) is 12.4. The van der Waals surface area contributed by atoms with Crippen LogP contribution in [0.2, 0.25) is 0 Å². The summed E-state index contributed by atoms with van der Waals surface area (Å²) >= 11 is 0. The summed E-state index contributed by atoms with van der Waals surface area (Å²) in [6.45, 7) is 3.90. The molecule has 1 fully saturated rings. The lowest BCUT2D eigenvalue weighted by atomic mass is 9.91. The molecular weight excluding hydrogens is 368 g/mol. The summed E-state index contributed by atoms with van der Waals surface area (Å²) < 4.78 is 3.35. The molecule has 0 atom stereocenters. The van der Waals surface area contributed by atoms with Crippen LogP contribution >= 0.6 is 0 Å². The molecule has 3 aromatic rings. The maximum Gasteiger partial charge on any atom is 0.267 e. The number of rotatable bonds is 4. The molecule has 1 aliphatic carbocycles. The van der Waals surface area contributed by atoms with Crippen LogP contribution in [0.5, 0.6) is 0 Å². The van der Waals surface area contributed by atoms with E-state index in [0.29, 0.717) is 17.2 Å². The molecule has 29 heavy (non-hydrogen) atoms. The number of anilines is 1. The van der Waals surface area contributed by atoms with E-state index in [1.54, 1.807) is 27.6 Å². The van der Waals surface area contributed by atoms with Crippen molar-refractivity contribution in [3.05, 3.63) is 57.8 Å². The first kappa shape index (κ1) is 18.8. The fraction of sp³-hybridized carbons (Fsp3) is 0.400. The highest BCUT2D eigenvalue weighted by Gasteiger charge is 2.25. The van der Waals surface area contributed by atoms with Crippen molar-refractivity contribution >= 4 is 5.82 Å². The Bertz CT molecular complexity index is 1120. The normalized spacial score (nSPS) is 18.9. The fourth-order valence-corrected chi connectivity index (χ4v) is 3.84. The molecule has 0 aliphatic heterocycles. The van der Waals surface area contributed by atoms with Gasteiger partial charge in [0.15, 0.2) is 11.6 Å². The van der Waals surface area contributed by atoms with Gasteiger partial charge in [-0.3, -0.25) is 4.79 Å². The van der Waals surface area contributed by atoms with E-state index in [-0.39, 0.29) is 17.6 Å². The Morgan fingerprint density at radius 2 is 1.93 bits per heavy atom. The van der Waals surface area contributed by atoms with Crippen LogP contribution in [0.3, 0.4) is 0 Å². The van der Waals surface area contributed by atoms with Gasteiger partial charge < -0.3 is 5.32 Å². The molecule has 4 rings (SSSR count). The van der Waals surface area contributed by atoms with Gasteiger partial charge >= 0.3 is 0 Å². The van der Waals surface area contributed by atoms with Crippen molar-refractivity contribution in [2.45, 2.75) is 51.6 Å². The Morgan fingerprint density at radius 3 is 2.62 bits per heavy atom. The Hall–Kier alpha value is -3.54. The lowest BCUT2D eigenvalue weighted by molar-refractivity contribution is 0.302. The van der Waals surface area contributed by atoms with Crippen molar-refractivity contribution in [1.29, 1.82) is 5.26 Å². The highest BCUT2D eigenvalue weighted by molar-refractivity contribution is 5.50. The maximum atomic E-state index is 12.4. The SMILES string of the molecule is Cc1cc(C)n(-c2ccc(=O)n(C3CCC(Nc4nnccc4C#N)CC3)n2)n1. The molecule has 0 spiro atoms. The van der Waals surface area contributed by atoms with Crippen LogP contribution in [0.25, 0.3) is 5.82 Å². The summed E-state index contributed by atoms with van der Waals surface area (Å²) in [5.41, 5.74) is 2.27. The molecule has 3 heterocycles. The highest BCUT2D eigenvalue weighted by atomic mass is 16.1. The van der Waals surface area contributed by atoms with E-state index in [9.17, 15) is 10.1 Å². The Kier molecular flexibility index (Phi) is 5.08. The van der Waals surface area contributed by atoms with Gasteiger partial charge in [-0.05, 0) is 57.7 Å². The van der Waals surface area contributed by atoms with E-state index in [1.807, 2.05) is 19.9 Å². The molecule has 0 saturated heterocycles. The van der Waals surface area contributed by atoms with E-state index >= 15 is 0 Å². The fourth-order valence-electron chi connectivity index (χ4n) is 3.84. The summed E-state index contributed by atoms with van der Waals surface area (Å²) in [6, 6.07) is 9.25. The standard InChI is InChI=1S/C20H22N8O/c1-13-11-14(2)27(25-13)18-7-8-19(29)28(26-18)17-5-3-16(4-6-17)23-20-15(12-21)9-10-22-24-20/h7-11,16-17H,3-6H2,1-2H3,(H,23,24). The van der Waals surface area contributed by atoms with Gasteiger partial charge in [0.25, 0.3) is 5.56 Å². The number of nitrogens with one attached hydrogen (secondary N) is 1. The third kappa shape index (κ3) is 3.87. The van der Waals surface area contributed by atoms with Gasteiger partial charge in [-0.15, -0.1) is 10.2 Å². The number of nitriles is 1. The zero-order chi connectivity index (χ0) is 20.4. The molecule has 148 valence electrons. The van der Waals surface area contributed by atoms with E-state index < -0.39 is 0 Å². The Morgan fingerprint density at radius 1 is 1.14 bits per heavy atom. The lowest BCUT2D eigenvalue weighted by Crippen LogP contribution is -2.34. The first-order valence-corrected chi connectivity index (χ1v) is 9.67. The van der Waals surface area contributed by atoms with Gasteiger partial charge in [-0.2, -0.15) is 15.5 Å². The Balaban J connectivity index is 1.49. The van der Waals surface area contributed by atoms with Crippen LogP contribution < -0.4 is 10.9 Å². The second-order valence-electron chi connectivity index (χ2n) is 7.37. The van der Waals surface area contributed by atoms with Gasteiger partial charge in [-0.25, -0.2) is 9.36 Å². The molecule has 1 saturated carbocycles. The first-order valence-electron chi connectivity index (χ1n) is 9.67. The van der Waals surface area contributed by atoms with Crippen molar-refractivity contribution in [3.8, 4) is 11.9 Å². The predicted octanol–water partition coefficient (Wildman–Crippen LogP) is 2.30. The lowest BCUT2D eigenvalue weighted by Gasteiger charge is -2.30. The number of hydrogen-bond acceptors (Lipinski definition) is 7. The van der Waals surface area contributed by atoms with Crippen LogP contribution in [0.15, 0.2) is 35.3 Å². The molecular formula is C20H22N8O. The quantitative estimate of drug-likeness (QED) is 0.727. The van der Waals surface area contributed by atoms with Crippen molar-refractivity contribution in [2.75, 3.05) is 5.32 Å². The zero-order valence-corrected chi connectivity index (χ0v) is 16.4. The van der Waals surface area contributed by atoms with Crippen LogP contribution in [-0.2, 0) is 0 Å². The summed E-state index contributed by atoms with van der Waals surface area (Å²) in [5, 5.41) is 29.5. The van der Waals surface area contributed by atoms with Gasteiger partial charge in [-0.1, -0.05) is 0 Å². The third-order valence-electron chi connectivity index (χ3n) is 5.26. The number of nitrogens with zero attached hydrogens (tertiary/aromatic N) is 7. The minimum atomic E-state index is -0.104. The molecule has 3 aromatic heterocycles. The molecule has 0 radical (unpaired) electrons. The smallest absolute Gasteiger partial charge is 0.267 e. The summed E-state index contributed by atoms with van der Waals surface area (Å²) in [7, 11) is 0. The van der Waals surface area contributed by atoms with Crippen LogP contribution in [0.4, 0.5) is 5.82 Å².